The summed E-state index contributed by atoms with van der Waals surface area (Å²) < 4.78 is 11.8. The van der Waals surface area contributed by atoms with Gasteiger partial charge in [-0.15, -0.1) is 0 Å². The first kappa shape index (κ1) is 27.5. The monoisotopic (exact) mass is 536 g/mol. The number of aliphatic hydroxyl groups is 1. The van der Waals surface area contributed by atoms with Gasteiger partial charge in [0.2, 0.25) is 0 Å². The number of nitrogens with zero attached hydrogens (tertiary/aromatic N) is 1. The second-order valence-electron chi connectivity index (χ2n) is 9.34. The first-order valence-corrected chi connectivity index (χ1v) is 13.1. The maximum Gasteiger partial charge on any atom is 0.335 e. The van der Waals surface area contributed by atoms with Crippen molar-refractivity contribution < 1.29 is 24.5 Å². The number of aromatic carboxylic acids is 1. The molecule has 1 aliphatic rings. The fraction of sp³-hybridized carbons (Fsp3) is 0.300. The SMILES string of the molecule is O=C(O)c1ccccc1.OC(COc1cccc2[nH]ccc12)CN1CCC(COc2ccc(Cl)cc2)CC1. The standard InChI is InChI=1S/C23H27ClN2O3.C7H6O2/c24-18-4-6-20(7-5-18)28-15-17-9-12-26(13-10-17)14-19(27)16-29-23-3-1-2-22-21(23)8-11-25-22;8-7(9)6-4-2-1-3-5-6/h1-8,11,17,19,25,27H,9-10,12-16H2;1-5H,(H,8,9). The Morgan fingerprint density at radius 1 is 0.974 bits per heavy atom. The third-order valence-corrected chi connectivity index (χ3v) is 6.73. The second-order valence-corrected chi connectivity index (χ2v) is 9.78. The van der Waals surface area contributed by atoms with Gasteiger partial charge >= 0.3 is 5.97 Å². The van der Waals surface area contributed by atoms with Crippen molar-refractivity contribution in [2.75, 3.05) is 32.8 Å². The summed E-state index contributed by atoms with van der Waals surface area (Å²) in [7, 11) is 0. The first-order chi connectivity index (χ1) is 18.5. The highest BCUT2D eigenvalue weighted by atomic mass is 35.5. The van der Waals surface area contributed by atoms with Crippen LogP contribution in [0.25, 0.3) is 10.9 Å². The van der Waals surface area contributed by atoms with Gasteiger partial charge in [-0.3, -0.25) is 0 Å². The van der Waals surface area contributed by atoms with Crippen LogP contribution < -0.4 is 9.47 Å². The fourth-order valence-electron chi connectivity index (χ4n) is 4.38. The van der Waals surface area contributed by atoms with Gasteiger partial charge in [-0.1, -0.05) is 35.9 Å². The lowest BCUT2D eigenvalue weighted by atomic mass is 9.97. The zero-order valence-corrected chi connectivity index (χ0v) is 21.9. The molecular formula is C30H33ClN2O5. The van der Waals surface area contributed by atoms with Crippen LogP contribution in [-0.4, -0.2) is 65.0 Å². The number of benzene rings is 3. The van der Waals surface area contributed by atoms with E-state index in [0.29, 0.717) is 24.6 Å². The molecule has 200 valence electrons. The number of carboxylic acids is 1. The fourth-order valence-corrected chi connectivity index (χ4v) is 4.51. The Hall–Kier alpha value is -3.52. The van der Waals surface area contributed by atoms with Crippen LogP contribution in [0, 0.1) is 5.92 Å². The molecule has 1 saturated heterocycles. The van der Waals surface area contributed by atoms with Gasteiger partial charge in [0.05, 0.1) is 12.2 Å². The molecule has 7 nitrogen and oxygen atoms in total. The van der Waals surface area contributed by atoms with Crippen molar-refractivity contribution in [1.82, 2.24) is 9.88 Å². The molecule has 0 saturated carbocycles. The molecule has 1 atom stereocenters. The summed E-state index contributed by atoms with van der Waals surface area (Å²) in [5.74, 6) is 1.33. The number of aromatic nitrogens is 1. The van der Waals surface area contributed by atoms with E-state index in [1.165, 1.54) is 0 Å². The number of carbonyl (C=O) groups is 1. The number of aliphatic hydroxyl groups excluding tert-OH is 1. The highest BCUT2D eigenvalue weighted by Crippen LogP contribution is 2.25. The summed E-state index contributed by atoms with van der Waals surface area (Å²) in [6.07, 6.45) is 3.54. The number of hydrogen-bond acceptors (Lipinski definition) is 5. The maximum atomic E-state index is 10.4. The number of nitrogens with one attached hydrogen (secondary N) is 1. The zero-order valence-electron chi connectivity index (χ0n) is 21.1. The van der Waals surface area contributed by atoms with E-state index in [1.54, 1.807) is 30.3 Å². The molecule has 5 rings (SSSR count). The topological polar surface area (TPSA) is 95.0 Å². The number of piperidine rings is 1. The van der Waals surface area contributed by atoms with E-state index in [0.717, 1.165) is 60.0 Å². The lowest BCUT2D eigenvalue weighted by molar-refractivity contribution is 0.0507. The minimum atomic E-state index is -0.879. The van der Waals surface area contributed by atoms with Gasteiger partial charge in [0.25, 0.3) is 0 Å². The molecule has 4 aromatic rings. The molecule has 0 radical (unpaired) electrons. The van der Waals surface area contributed by atoms with Gasteiger partial charge in [0.15, 0.2) is 0 Å². The quantitative estimate of drug-likeness (QED) is 0.252. The smallest absolute Gasteiger partial charge is 0.335 e. The van der Waals surface area contributed by atoms with Gasteiger partial charge in [-0.2, -0.15) is 0 Å². The predicted octanol–water partition coefficient (Wildman–Crippen LogP) is 5.74. The molecule has 2 heterocycles. The maximum absolute atomic E-state index is 10.4. The summed E-state index contributed by atoms with van der Waals surface area (Å²) >= 11 is 5.90. The minimum Gasteiger partial charge on any atom is -0.493 e. The number of carboxylic acid groups (broad SMARTS) is 1. The van der Waals surface area contributed by atoms with Gasteiger partial charge in [0, 0.05) is 28.7 Å². The van der Waals surface area contributed by atoms with Crippen molar-refractivity contribution in [2.24, 2.45) is 5.92 Å². The Morgan fingerprint density at radius 3 is 2.39 bits per heavy atom. The number of rotatable bonds is 9. The van der Waals surface area contributed by atoms with E-state index in [1.807, 2.05) is 54.7 Å². The number of H-pyrrole nitrogens is 1. The van der Waals surface area contributed by atoms with E-state index >= 15 is 0 Å². The molecule has 8 heteroatoms. The second kappa shape index (κ2) is 13.9. The minimum absolute atomic E-state index is 0.296. The number of β-amino-alcohol motifs (C(OH)–C–C–N with tert-alkyl or cyclic N) is 1. The molecule has 0 spiro atoms. The van der Waals surface area contributed by atoms with Crippen molar-refractivity contribution in [3.8, 4) is 11.5 Å². The molecule has 0 aliphatic carbocycles. The van der Waals surface area contributed by atoms with Crippen molar-refractivity contribution in [1.29, 1.82) is 0 Å². The van der Waals surface area contributed by atoms with Gasteiger partial charge in [-0.05, 0) is 86.4 Å². The number of ether oxygens (including phenoxy) is 2. The predicted molar refractivity (Wildman–Crippen MR) is 149 cm³/mol. The highest BCUT2D eigenvalue weighted by molar-refractivity contribution is 6.30. The summed E-state index contributed by atoms with van der Waals surface area (Å²) in [4.78, 5) is 15.7. The van der Waals surface area contributed by atoms with E-state index in [2.05, 4.69) is 9.88 Å². The van der Waals surface area contributed by atoms with Crippen LogP contribution in [-0.2, 0) is 0 Å². The number of hydrogen-bond donors (Lipinski definition) is 3. The van der Waals surface area contributed by atoms with Crippen molar-refractivity contribution in [2.45, 2.75) is 18.9 Å². The van der Waals surface area contributed by atoms with Crippen molar-refractivity contribution >= 4 is 28.5 Å². The van der Waals surface area contributed by atoms with Crippen LogP contribution in [0.3, 0.4) is 0 Å². The molecule has 38 heavy (non-hydrogen) atoms. The Kier molecular flexibility index (Phi) is 10.0. The lowest BCUT2D eigenvalue weighted by Gasteiger charge is -2.33. The van der Waals surface area contributed by atoms with E-state index in [9.17, 15) is 9.90 Å². The van der Waals surface area contributed by atoms with Crippen LogP contribution in [0.15, 0.2) is 85.1 Å². The summed E-state index contributed by atoms with van der Waals surface area (Å²) in [6.45, 7) is 3.60. The van der Waals surface area contributed by atoms with Crippen molar-refractivity contribution in [3.05, 3.63) is 95.6 Å². The molecular weight excluding hydrogens is 504 g/mol. The molecule has 1 fully saturated rings. The summed E-state index contributed by atoms with van der Waals surface area (Å²) in [5, 5.41) is 20.6. The Balaban J connectivity index is 0.000000317. The van der Waals surface area contributed by atoms with Crippen LogP contribution in [0.1, 0.15) is 23.2 Å². The van der Waals surface area contributed by atoms with Gasteiger partial charge in [-0.25, -0.2) is 4.79 Å². The van der Waals surface area contributed by atoms with E-state index in [4.69, 9.17) is 26.2 Å². The average molecular weight is 537 g/mol. The van der Waals surface area contributed by atoms with Crippen LogP contribution in [0.5, 0.6) is 11.5 Å². The Labute approximate surface area is 227 Å². The molecule has 3 N–H and O–H groups in total. The molecule has 1 aromatic heterocycles. The van der Waals surface area contributed by atoms with Crippen LogP contribution in [0.2, 0.25) is 5.02 Å². The summed E-state index contributed by atoms with van der Waals surface area (Å²) in [5.41, 5.74) is 1.37. The first-order valence-electron chi connectivity index (χ1n) is 12.7. The molecule has 3 aromatic carbocycles. The zero-order chi connectivity index (χ0) is 26.7. The van der Waals surface area contributed by atoms with E-state index < -0.39 is 12.1 Å². The van der Waals surface area contributed by atoms with E-state index in [-0.39, 0.29) is 0 Å². The van der Waals surface area contributed by atoms with Crippen molar-refractivity contribution in [3.63, 3.8) is 0 Å². The third kappa shape index (κ3) is 8.25. The third-order valence-electron chi connectivity index (χ3n) is 6.48. The highest BCUT2D eigenvalue weighted by Gasteiger charge is 2.22. The molecule has 1 unspecified atom stereocenters. The van der Waals surface area contributed by atoms with Crippen LogP contribution >= 0.6 is 11.6 Å². The number of likely N-dealkylation sites (tertiary alicyclic amines) is 1. The largest absolute Gasteiger partial charge is 0.493 e. The lowest BCUT2D eigenvalue weighted by Crippen LogP contribution is -2.41. The average Bonchev–Trinajstić information content (AvgIpc) is 3.43. The van der Waals surface area contributed by atoms with Gasteiger partial charge < -0.3 is 29.6 Å². The van der Waals surface area contributed by atoms with Crippen LogP contribution in [0.4, 0.5) is 0 Å². The number of aromatic amines is 1. The van der Waals surface area contributed by atoms with Gasteiger partial charge in [0.1, 0.15) is 24.2 Å². The molecule has 0 amide bonds. The summed E-state index contributed by atoms with van der Waals surface area (Å²) in [6, 6.07) is 23.7. The molecule has 1 aliphatic heterocycles. The molecule has 0 bridgehead atoms. The Morgan fingerprint density at radius 2 is 1.71 bits per heavy atom. The number of halogens is 1. The Bertz CT molecular complexity index is 1270. The normalized spacial score (nSPS) is 14.9. The number of fused-ring (bicyclic) bond motifs is 1.